The lowest BCUT2D eigenvalue weighted by Crippen LogP contribution is -2.02. The van der Waals surface area contributed by atoms with Gasteiger partial charge in [-0.15, -0.1) is 0 Å². The predicted molar refractivity (Wildman–Crippen MR) is 137 cm³/mol. The number of ether oxygens (including phenoxy) is 3. The molecule has 2 aromatic heterocycles. The number of methoxy groups -OCH3 is 2. The molecule has 0 radical (unpaired) electrons. The molecule has 0 aliphatic rings. The first kappa shape index (κ1) is 24.1. The Morgan fingerprint density at radius 2 is 1.82 bits per heavy atom. The van der Waals surface area contributed by atoms with E-state index in [-0.39, 0.29) is 0 Å². The van der Waals surface area contributed by atoms with Crippen molar-refractivity contribution in [3.8, 4) is 23.1 Å². The van der Waals surface area contributed by atoms with Gasteiger partial charge < -0.3 is 23.5 Å². The number of nitrogens with one attached hydrogen (secondary N) is 2. The van der Waals surface area contributed by atoms with E-state index in [1.807, 2.05) is 24.5 Å². The number of nitrogens with zero attached hydrogens (tertiary/aromatic N) is 2. The minimum absolute atomic E-state index is 0.477. The molecule has 0 aliphatic carbocycles. The summed E-state index contributed by atoms with van der Waals surface area (Å²) >= 11 is 2.97. The first-order valence-corrected chi connectivity index (χ1v) is 12.6. The number of hydrogen-bond acceptors (Lipinski definition) is 10. The van der Waals surface area contributed by atoms with Crippen LogP contribution in [-0.2, 0) is 13.0 Å². The predicted octanol–water partition coefficient (Wildman–Crippen LogP) is 6.08. The second kappa shape index (κ2) is 11.4. The molecule has 10 heteroatoms. The Balaban J connectivity index is 1.54. The second-order valence-corrected chi connectivity index (χ2v) is 8.75. The van der Waals surface area contributed by atoms with Gasteiger partial charge in [-0.3, -0.25) is 4.72 Å². The molecule has 34 heavy (non-hydrogen) atoms. The number of rotatable bonds is 11. The molecule has 178 valence electrons. The van der Waals surface area contributed by atoms with Crippen LogP contribution < -0.4 is 23.7 Å². The molecule has 0 saturated carbocycles. The van der Waals surface area contributed by atoms with E-state index in [1.54, 1.807) is 44.5 Å². The van der Waals surface area contributed by atoms with Crippen LogP contribution in [0.1, 0.15) is 18.1 Å². The number of aryl methyl sites for hydroxylation is 1. The summed E-state index contributed by atoms with van der Waals surface area (Å²) < 4.78 is 29.1. The largest absolute Gasteiger partial charge is 0.496 e. The fraction of sp³-hybridized carbons (Fsp3) is 0.250. The van der Waals surface area contributed by atoms with Crippen LogP contribution in [0.4, 0.5) is 5.82 Å². The van der Waals surface area contributed by atoms with Crippen molar-refractivity contribution >= 4 is 40.7 Å². The van der Waals surface area contributed by atoms with E-state index < -0.39 is 0 Å². The molecule has 2 N–H and O–H groups in total. The van der Waals surface area contributed by atoms with Gasteiger partial charge >= 0.3 is 0 Å². The van der Waals surface area contributed by atoms with Crippen LogP contribution in [0.15, 0.2) is 58.1 Å². The number of hydrogen-bond donors (Lipinski definition) is 2. The maximum atomic E-state index is 5.94. The Morgan fingerprint density at radius 3 is 2.53 bits per heavy atom. The molecule has 0 bridgehead atoms. The Morgan fingerprint density at radius 1 is 1.00 bits per heavy atom. The monoisotopic (exact) mass is 498 g/mol. The van der Waals surface area contributed by atoms with Crippen molar-refractivity contribution in [2.45, 2.75) is 24.8 Å². The molecule has 0 atom stereocenters. The Bertz CT molecular complexity index is 1250. The van der Waals surface area contributed by atoms with Crippen molar-refractivity contribution in [1.29, 1.82) is 0 Å². The molecule has 0 spiro atoms. The Hall–Kier alpha value is -3.08. The van der Waals surface area contributed by atoms with E-state index in [0.29, 0.717) is 28.8 Å². The summed E-state index contributed by atoms with van der Waals surface area (Å²) in [7, 11) is 3.26. The molecule has 8 nitrogen and oxygen atoms in total. The van der Waals surface area contributed by atoms with Gasteiger partial charge in [-0.25, -0.2) is 4.98 Å². The lowest BCUT2D eigenvalue weighted by Gasteiger charge is -2.11. The molecule has 0 fully saturated rings. The highest BCUT2D eigenvalue weighted by atomic mass is 32.2. The number of benzene rings is 2. The van der Waals surface area contributed by atoms with Gasteiger partial charge in [0, 0.05) is 30.9 Å². The van der Waals surface area contributed by atoms with E-state index in [2.05, 4.69) is 38.6 Å². The minimum atomic E-state index is 0.477. The second-order valence-electron chi connectivity index (χ2n) is 7.20. The van der Waals surface area contributed by atoms with Gasteiger partial charge in [-0.05, 0) is 47.9 Å². The van der Waals surface area contributed by atoms with Crippen LogP contribution in [-0.4, -0.2) is 30.6 Å². The SMILES string of the molecule is CCc1ccc(OC)c(SNc2noc3cc(Oc4ccc(CNSC)cn4)cc(OC)c23)c1. The van der Waals surface area contributed by atoms with Crippen LogP contribution in [0.3, 0.4) is 0 Å². The van der Waals surface area contributed by atoms with E-state index in [1.165, 1.54) is 17.5 Å². The molecule has 2 aromatic carbocycles. The van der Waals surface area contributed by atoms with E-state index in [0.717, 1.165) is 34.6 Å². The van der Waals surface area contributed by atoms with Gasteiger partial charge in [-0.2, -0.15) is 0 Å². The maximum absolute atomic E-state index is 5.94. The summed E-state index contributed by atoms with van der Waals surface area (Å²) in [6, 6.07) is 13.5. The fourth-order valence-electron chi connectivity index (χ4n) is 3.28. The molecule has 4 rings (SSSR count). The molecule has 4 aromatic rings. The van der Waals surface area contributed by atoms with Gasteiger partial charge in [0.15, 0.2) is 11.4 Å². The summed E-state index contributed by atoms with van der Waals surface area (Å²) in [6.45, 7) is 2.85. The Labute approximate surface area is 207 Å². The number of anilines is 1. The van der Waals surface area contributed by atoms with Crippen molar-refractivity contribution in [3.63, 3.8) is 0 Å². The topological polar surface area (TPSA) is 90.7 Å². The van der Waals surface area contributed by atoms with Crippen LogP contribution in [0.5, 0.6) is 23.1 Å². The average molecular weight is 499 g/mol. The van der Waals surface area contributed by atoms with Crippen LogP contribution >= 0.6 is 23.9 Å². The summed E-state index contributed by atoms with van der Waals surface area (Å²) in [4.78, 5) is 5.33. The smallest absolute Gasteiger partial charge is 0.219 e. The zero-order valence-corrected chi connectivity index (χ0v) is 21.0. The Kier molecular flexibility index (Phi) is 8.04. The lowest BCUT2D eigenvalue weighted by molar-refractivity contribution is 0.404. The maximum Gasteiger partial charge on any atom is 0.219 e. The van der Waals surface area contributed by atoms with E-state index >= 15 is 0 Å². The summed E-state index contributed by atoms with van der Waals surface area (Å²) in [5.74, 6) is 2.93. The van der Waals surface area contributed by atoms with Crippen LogP contribution in [0.2, 0.25) is 0 Å². The van der Waals surface area contributed by atoms with E-state index in [9.17, 15) is 0 Å². The quantitative estimate of drug-likeness (QED) is 0.237. The highest BCUT2D eigenvalue weighted by Gasteiger charge is 2.17. The van der Waals surface area contributed by atoms with Gasteiger partial charge in [0.1, 0.15) is 22.6 Å². The van der Waals surface area contributed by atoms with Gasteiger partial charge in [0.25, 0.3) is 0 Å². The summed E-state index contributed by atoms with van der Waals surface area (Å²) in [5.41, 5.74) is 2.82. The first-order valence-electron chi connectivity index (χ1n) is 10.6. The molecule has 0 aliphatic heterocycles. The average Bonchev–Trinajstić information content (AvgIpc) is 3.29. The third kappa shape index (κ3) is 5.52. The molecule has 0 amide bonds. The van der Waals surface area contributed by atoms with E-state index in [4.69, 9.17) is 18.7 Å². The number of aromatic nitrogens is 2. The third-order valence-electron chi connectivity index (χ3n) is 5.07. The van der Waals surface area contributed by atoms with Gasteiger partial charge in [-0.1, -0.05) is 36.2 Å². The standard InChI is InChI=1S/C24H26N4O4S2/c1-5-15-6-8-18(29-2)21(10-15)34-28-24-23-19(30-3)11-17(12-20(23)32-27-24)31-22-9-7-16(13-25-22)14-26-33-4/h6-13,26H,5,14H2,1-4H3,(H,27,28). The normalized spacial score (nSPS) is 10.9. The molecule has 0 unspecified atom stereocenters. The van der Waals surface area contributed by atoms with Gasteiger partial charge in [0.2, 0.25) is 5.88 Å². The van der Waals surface area contributed by atoms with Crippen LogP contribution in [0.25, 0.3) is 11.0 Å². The third-order valence-corrected chi connectivity index (χ3v) is 6.33. The van der Waals surface area contributed by atoms with Crippen molar-refractivity contribution in [3.05, 3.63) is 59.8 Å². The zero-order chi connectivity index (χ0) is 23.9. The summed E-state index contributed by atoms with van der Waals surface area (Å²) in [6.07, 6.45) is 4.70. The fourth-order valence-corrected chi connectivity index (χ4v) is 4.40. The first-order chi connectivity index (χ1) is 16.6. The van der Waals surface area contributed by atoms with Crippen molar-refractivity contribution in [2.75, 3.05) is 25.2 Å². The summed E-state index contributed by atoms with van der Waals surface area (Å²) in [5, 5.41) is 4.92. The molecular formula is C24H26N4O4S2. The van der Waals surface area contributed by atoms with Crippen LogP contribution in [0, 0.1) is 0 Å². The van der Waals surface area contributed by atoms with Crippen molar-refractivity contribution < 1.29 is 18.7 Å². The van der Waals surface area contributed by atoms with Gasteiger partial charge in [0.05, 0.1) is 19.1 Å². The molecule has 0 saturated heterocycles. The van der Waals surface area contributed by atoms with Crippen molar-refractivity contribution in [2.24, 2.45) is 0 Å². The number of fused-ring (bicyclic) bond motifs is 1. The molecular weight excluding hydrogens is 472 g/mol. The lowest BCUT2D eigenvalue weighted by atomic mass is 10.2. The van der Waals surface area contributed by atoms with Crippen molar-refractivity contribution in [1.82, 2.24) is 14.9 Å². The highest BCUT2D eigenvalue weighted by molar-refractivity contribution is 8.00. The minimum Gasteiger partial charge on any atom is -0.496 e. The number of pyridine rings is 1. The highest BCUT2D eigenvalue weighted by Crippen LogP contribution is 2.39. The zero-order valence-electron chi connectivity index (χ0n) is 19.4. The molecule has 2 heterocycles.